The number of nitrogens with one attached hydrogen (secondary N) is 1. The third-order valence-corrected chi connectivity index (χ3v) is 8.10. The van der Waals surface area contributed by atoms with Crippen LogP contribution in [0.25, 0.3) is 0 Å². The molecular weight excluding hydrogens is 538 g/mol. The minimum absolute atomic E-state index is 0.0442. The molecule has 1 amide bonds. The van der Waals surface area contributed by atoms with Crippen molar-refractivity contribution in [2.75, 3.05) is 11.1 Å². The Bertz CT molecular complexity index is 1640. The molecule has 4 aromatic carbocycles. The number of carbonyl (C=O) groups excluding carboxylic acids is 1. The van der Waals surface area contributed by atoms with E-state index in [9.17, 15) is 13.2 Å². The Morgan fingerprint density at radius 3 is 2.49 bits per heavy atom. The average molecular weight is 562 g/mol. The van der Waals surface area contributed by atoms with Crippen molar-refractivity contribution in [2.24, 2.45) is 5.10 Å². The topological polar surface area (TPSA) is 97.3 Å². The van der Waals surface area contributed by atoms with E-state index in [0.717, 1.165) is 11.1 Å². The third-order valence-electron chi connectivity index (χ3n) is 6.09. The van der Waals surface area contributed by atoms with Gasteiger partial charge in [-0.15, -0.1) is 0 Å². The van der Waals surface area contributed by atoms with E-state index in [1.807, 2.05) is 6.92 Å². The van der Waals surface area contributed by atoms with Crippen LogP contribution in [0.2, 0.25) is 5.02 Å². The van der Waals surface area contributed by atoms with Crippen molar-refractivity contribution in [3.8, 4) is 11.5 Å². The van der Waals surface area contributed by atoms with Gasteiger partial charge in [-0.3, -0.25) is 9.10 Å². The fourth-order valence-electron chi connectivity index (χ4n) is 4.02. The fraction of sp³-hybridized carbons (Fsp3) is 0.103. The zero-order chi connectivity index (χ0) is 27.4. The van der Waals surface area contributed by atoms with Gasteiger partial charge in [-0.2, -0.15) is 5.10 Å². The maximum atomic E-state index is 13.7. The molecule has 1 N–H and O–H groups in total. The van der Waals surface area contributed by atoms with Gasteiger partial charge in [0.05, 0.1) is 23.3 Å². The van der Waals surface area contributed by atoms with E-state index in [1.165, 1.54) is 10.5 Å². The van der Waals surface area contributed by atoms with Gasteiger partial charge in [0, 0.05) is 10.6 Å². The summed E-state index contributed by atoms with van der Waals surface area (Å²) >= 11 is 6.23. The molecular formula is C29H24ClN3O5S. The Kier molecular flexibility index (Phi) is 7.53. The third kappa shape index (κ3) is 5.89. The van der Waals surface area contributed by atoms with E-state index in [2.05, 4.69) is 10.5 Å². The number of hydrogen-bond donors (Lipinski definition) is 1. The normalized spacial score (nSPS) is 12.5. The van der Waals surface area contributed by atoms with Crippen molar-refractivity contribution in [3.05, 3.63) is 118 Å². The first-order valence-electron chi connectivity index (χ1n) is 12.0. The van der Waals surface area contributed by atoms with Crippen LogP contribution in [0.5, 0.6) is 11.5 Å². The van der Waals surface area contributed by atoms with Crippen LogP contribution in [0.4, 0.5) is 5.69 Å². The molecule has 0 aliphatic carbocycles. The highest BCUT2D eigenvalue weighted by Crippen LogP contribution is 2.32. The van der Waals surface area contributed by atoms with Crippen LogP contribution in [0.3, 0.4) is 0 Å². The summed E-state index contributed by atoms with van der Waals surface area (Å²) in [6, 6.07) is 25.4. The molecule has 0 bridgehead atoms. The Balaban J connectivity index is 1.33. The second kappa shape index (κ2) is 11.2. The van der Waals surface area contributed by atoms with Crippen LogP contribution in [-0.2, 0) is 16.6 Å². The van der Waals surface area contributed by atoms with Crippen molar-refractivity contribution >= 4 is 39.4 Å². The number of hydrazone groups is 1. The highest BCUT2D eigenvalue weighted by molar-refractivity contribution is 7.92. The summed E-state index contributed by atoms with van der Waals surface area (Å²) < 4.78 is 39.3. The zero-order valence-electron chi connectivity index (χ0n) is 20.9. The molecule has 10 heteroatoms. The summed E-state index contributed by atoms with van der Waals surface area (Å²) in [5.41, 5.74) is 5.54. The van der Waals surface area contributed by atoms with Crippen molar-refractivity contribution in [2.45, 2.75) is 18.4 Å². The number of halogens is 1. The van der Waals surface area contributed by atoms with Crippen molar-refractivity contribution in [1.82, 2.24) is 5.43 Å². The summed E-state index contributed by atoms with van der Waals surface area (Å²) in [6.07, 6.45) is 1.51. The second-order valence-electron chi connectivity index (χ2n) is 8.76. The number of anilines is 1. The molecule has 0 unspecified atom stereocenters. The quantitative estimate of drug-likeness (QED) is 0.225. The number of nitrogens with zero attached hydrogens (tertiary/aromatic N) is 2. The van der Waals surface area contributed by atoms with E-state index in [4.69, 9.17) is 21.1 Å². The number of carbonyl (C=O) groups is 1. The van der Waals surface area contributed by atoms with E-state index >= 15 is 0 Å². The maximum absolute atomic E-state index is 13.7. The molecule has 0 fully saturated rings. The van der Waals surface area contributed by atoms with Crippen LogP contribution < -0.4 is 19.2 Å². The van der Waals surface area contributed by atoms with Gasteiger partial charge in [0.1, 0.15) is 0 Å². The summed E-state index contributed by atoms with van der Waals surface area (Å²) in [5.74, 6) is 0.882. The Hall–Kier alpha value is -4.34. The monoisotopic (exact) mass is 561 g/mol. The van der Waals surface area contributed by atoms with Gasteiger partial charge in [-0.1, -0.05) is 48.0 Å². The van der Waals surface area contributed by atoms with E-state index in [-0.39, 0.29) is 18.2 Å². The molecule has 8 nitrogen and oxygen atoms in total. The van der Waals surface area contributed by atoms with Gasteiger partial charge in [-0.05, 0) is 78.2 Å². The van der Waals surface area contributed by atoms with Crippen LogP contribution in [-0.4, -0.2) is 27.3 Å². The van der Waals surface area contributed by atoms with Crippen LogP contribution in [0, 0.1) is 6.92 Å². The van der Waals surface area contributed by atoms with Crippen molar-refractivity contribution < 1.29 is 22.7 Å². The van der Waals surface area contributed by atoms with E-state index < -0.39 is 15.9 Å². The summed E-state index contributed by atoms with van der Waals surface area (Å²) in [5, 5.41) is 4.44. The number of benzene rings is 4. The van der Waals surface area contributed by atoms with Crippen LogP contribution in [0.15, 0.2) is 101 Å². The minimum atomic E-state index is -3.90. The Morgan fingerprint density at radius 2 is 1.72 bits per heavy atom. The number of fused-ring (bicyclic) bond motifs is 1. The van der Waals surface area contributed by atoms with Gasteiger partial charge < -0.3 is 9.47 Å². The average Bonchev–Trinajstić information content (AvgIpc) is 3.42. The molecule has 0 spiro atoms. The molecule has 0 saturated heterocycles. The Morgan fingerprint density at radius 1 is 0.974 bits per heavy atom. The van der Waals surface area contributed by atoms with Crippen LogP contribution >= 0.6 is 11.6 Å². The zero-order valence-corrected chi connectivity index (χ0v) is 22.4. The lowest BCUT2D eigenvalue weighted by Crippen LogP contribution is -2.31. The standard InChI is InChI=1S/C29H24ClN3O5S/c1-20-7-13-24(30)16-26(20)33(39(35,36)25-5-3-2-4-6-25)18-21-8-11-23(12-9-21)29(34)32-31-17-22-10-14-27-28(15-22)38-19-37-27/h2-17H,18-19H2,1H3,(H,32,34)/b31-17+. The molecule has 4 aromatic rings. The molecule has 39 heavy (non-hydrogen) atoms. The number of hydrogen-bond acceptors (Lipinski definition) is 6. The Labute approximate surface area is 231 Å². The van der Waals surface area contributed by atoms with Gasteiger partial charge in [0.25, 0.3) is 15.9 Å². The number of amides is 1. The molecule has 0 atom stereocenters. The lowest BCUT2D eigenvalue weighted by atomic mass is 10.1. The van der Waals surface area contributed by atoms with Gasteiger partial charge in [0.2, 0.25) is 6.79 Å². The summed E-state index contributed by atoms with van der Waals surface area (Å²) in [6.45, 7) is 2.05. The van der Waals surface area contributed by atoms with E-state index in [0.29, 0.717) is 33.3 Å². The second-order valence-corrected chi connectivity index (χ2v) is 11.1. The van der Waals surface area contributed by atoms with Crippen molar-refractivity contribution in [3.63, 3.8) is 0 Å². The first kappa shape index (κ1) is 26.3. The molecule has 0 aromatic heterocycles. The molecule has 198 valence electrons. The van der Waals surface area contributed by atoms with Gasteiger partial charge in [0.15, 0.2) is 11.5 Å². The number of ether oxygens (including phenoxy) is 2. The smallest absolute Gasteiger partial charge is 0.271 e. The molecule has 0 saturated carbocycles. The maximum Gasteiger partial charge on any atom is 0.271 e. The number of sulfonamides is 1. The number of rotatable bonds is 8. The van der Waals surface area contributed by atoms with Gasteiger partial charge in [-0.25, -0.2) is 13.8 Å². The largest absolute Gasteiger partial charge is 0.454 e. The predicted molar refractivity (Wildman–Crippen MR) is 150 cm³/mol. The van der Waals surface area contributed by atoms with Crippen molar-refractivity contribution in [1.29, 1.82) is 0 Å². The molecule has 1 aliphatic heterocycles. The SMILES string of the molecule is Cc1ccc(Cl)cc1N(Cc1ccc(C(=O)N/N=C/c2ccc3c(c2)OCO3)cc1)S(=O)(=O)c1ccccc1. The first-order chi connectivity index (χ1) is 18.8. The molecule has 1 aliphatic rings. The lowest BCUT2D eigenvalue weighted by molar-refractivity contribution is 0.0955. The highest BCUT2D eigenvalue weighted by atomic mass is 35.5. The first-order valence-corrected chi connectivity index (χ1v) is 13.8. The highest BCUT2D eigenvalue weighted by Gasteiger charge is 2.26. The van der Waals surface area contributed by atoms with Crippen LogP contribution in [0.1, 0.15) is 27.0 Å². The molecule has 0 radical (unpaired) electrons. The minimum Gasteiger partial charge on any atom is -0.454 e. The fourth-order valence-corrected chi connectivity index (χ4v) is 5.72. The molecule has 5 rings (SSSR count). The lowest BCUT2D eigenvalue weighted by Gasteiger charge is -2.26. The summed E-state index contributed by atoms with van der Waals surface area (Å²) in [4.78, 5) is 12.8. The van der Waals surface area contributed by atoms with Gasteiger partial charge >= 0.3 is 0 Å². The number of aryl methyl sites for hydroxylation is 1. The van der Waals surface area contributed by atoms with E-state index in [1.54, 1.807) is 91.0 Å². The predicted octanol–water partition coefficient (Wildman–Crippen LogP) is 5.54. The molecule has 1 heterocycles. The summed E-state index contributed by atoms with van der Waals surface area (Å²) in [7, 11) is -3.90.